The fourth-order valence-corrected chi connectivity index (χ4v) is 1.41. The Labute approximate surface area is 111 Å². The maximum absolute atomic E-state index is 11.0. The van der Waals surface area contributed by atoms with E-state index in [1.807, 2.05) is 6.07 Å². The van der Waals surface area contributed by atoms with Crippen LogP contribution in [0.4, 0.5) is 5.69 Å². The average Bonchev–Trinajstić information content (AvgIpc) is 2.39. The van der Waals surface area contributed by atoms with Crippen LogP contribution in [0.2, 0.25) is 0 Å². The molecule has 1 rings (SSSR count). The number of benzene rings is 1. The molecular weight excluding hydrogens is 248 g/mol. The molecule has 1 aromatic rings. The summed E-state index contributed by atoms with van der Waals surface area (Å²) in [5.74, 6) is -0.847. The van der Waals surface area contributed by atoms with Gasteiger partial charge in [0.25, 0.3) is 0 Å². The van der Waals surface area contributed by atoms with Gasteiger partial charge in [-0.2, -0.15) is 0 Å². The Kier molecular flexibility index (Phi) is 6.38. The van der Waals surface area contributed by atoms with Crippen molar-refractivity contribution in [1.29, 1.82) is 0 Å². The lowest BCUT2D eigenvalue weighted by atomic mass is 10.2. The van der Waals surface area contributed by atoms with E-state index in [-0.39, 0.29) is 12.6 Å². The molecule has 0 heterocycles. The molecule has 1 amide bonds. The molecule has 0 spiro atoms. The maximum atomic E-state index is 11.0. The smallest absolute Gasteiger partial charge is 0.332 e. The number of esters is 1. The van der Waals surface area contributed by atoms with E-state index in [1.165, 1.54) is 0 Å². The minimum absolute atomic E-state index is 0.0587. The first-order valence-electron chi connectivity index (χ1n) is 6.00. The minimum Gasteiger partial charge on any atom is -0.464 e. The Hall–Kier alpha value is -2.08. The molecule has 0 radical (unpaired) electrons. The van der Waals surface area contributed by atoms with Gasteiger partial charge < -0.3 is 20.5 Å². The first-order valence-corrected chi connectivity index (χ1v) is 6.00. The standard InChI is InChI=1S/C13H18N2O4/c1-2-19-12(16)9-18-7-6-15-11-5-3-4-10(8-11)13(14)17/h3-5,8,15H,2,6-7,9H2,1H3,(H2,14,17). The van der Waals surface area contributed by atoms with Crippen molar-refractivity contribution in [1.82, 2.24) is 0 Å². The Morgan fingerprint density at radius 3 is 2.84 bits per heavy atom. The van der Waals surface area contributed by atoms with Gasteiger partial charge in [0, 0.05) is 17.8 Å². The molecule has 0 saturated heterocycles. The summed E-state index contributed by atoms with van der Waals surface area (Å²) >= 11 is 0. The zero-order valence-corrected chi connectivity index (χ0v) is 10.8. The summed E-state index contributed by atoms with van der Waals surface area (Å²) in [6, 6.07) is 6.86. The Morgan fingerprint density at radius 1 is 1.37 bits per heavy atom. The van der Waals surface area contributed by atoms with Gasteiger partial charge in [0.05, 0.1) is 13.2 Å². The van der Waals surface area contributed by atoms with Crippen molar-refractivity contribution in [3.05, 3.63) is 29.8 Å². The third-order valence-corrected chi connectivity index (χ3v) is 2.25. The van der Waals surface area contributed by atoms with Crippen LogP contribution in [0.3, 0.4) is 0 Å². The van der Waals surface area contributed by atoms with Crippen molar-refractivity contribution in [3.63, 3.8) is 0 Å². The van der Waals surface area contributed by atoms with Crippen molar-refractivity contribution < 1.29 is 19.1 Å². The Bertz CT molecular complexity index is 434. The number of anilines is 1. The normalized spacial score (nSPS) is 9.95. The number of ether oxygens (including phenoxy) is 2. The predicted octanol–water partition coefficient (Wildman–Crippen LogP) is 0.777. The average molecular weight is 266 g/mol. The Morgan fingerprint density at radius 2 is 2.16 bits per heavy atom. The summed E-state index contributed by atoms with van der Waals surface area (Å²) in [5, 5.41) is 3.06. The van der Waals surface area contributed by atoms with Crippen LogP contribution in [0.5, 0.6) is 0 Å². The zero-order chi connectivity index (χ0) is 14.1. The molecule has 19 heavy (non-hydrogen) atoms. The van der Waals surface area contributed by atoms with Gasteiger partial charge >= 0.3 is 5.97 Å². The fourth-order valence-electron chi connectivity index (χ4n) is 1.41. The third kappa shape index (κ3) is 5.87. The summed E-state index contributed by atoms with van der Waals surface area (Å²) in [6.07, 6.45) is 0. The van der Waals surface area contributed by atoms with E-state index < -0.39 is 5.91 Å². The van der Waals surface area contributed by atoms with Crippen LogP contribution in [0.15, 0.2) is 24.3 Å². The van der Waals surface area contributed by atoms with Crippen LogP contribution in [0.25, 0.3) is 0 Å². The van der Waals surface area contributed by atoms with Gasteiger partial charge in [0.15, 0.2) is 0 Å². The molecule has 0 unspecified atom stereocenters. The molecular formula is C13H18N2O4. The monoisotopic (exact) mass is 266 g/mol. The molecule has 0 aliphatic heterocycles. The number of amides is 1. The van der Waals surface area contributed by atoms with Crippen LogP contribution in [-0.2, 0) is 14.3 Å². The molecule has 6 nitrogen and oxygen atoms in total. The second-order valence-electron chi connectivity index (χ2n) is 3.73. The summed E-state index contributed by atoms with van der Waals surface area (Å²) < 4.78 is 9.83. The highest BCUT2D eigenvalue weighted by molar-refractivity contribution is 5.93. The van der Waals surface area contributed by atoms with Gasteiger partial charge in [-0.25, -0.2) is 4.79 Å². The molecule has 0 atom stereocenters. The zero-order valence-electron chi connectivity index (χ0n) is 10.8. The molecule has 0 aliphatic carbocycles. The number of nitrogens with one attached hydrogen (secondary N) is 1. The number of hydrogen-bond donors (Lipinski definition) is 2. The molecule has 104 valence electrons. The van der Waals surface area contributed by atoms with Gasteiger partial charge in [-0.3, -0.25) is 4.79 Å². The summed E-state index contributed by atoms with van der Waals surface area (Å²) in [7, 11) is 0. The van der Waals surface area contributed by atoms with Gasteiger partial charge in [0.2, 0.25) is 5.91 Å². The molecule has 0 saturated carbocycles. The van der Waals surface area contributed by atoms with Crippen molar-refractivity contribution in [2.24, 2.45) is 5.73 Å². The Balaban J connectivity index is 2.24. The first kappa shape index (κ1) is 15.0. The van der Waals surface area contributed by atoms with E-state index in [9.17, 15) is 9.59 Å². The topological polar surface area (TPSA) is 90.7 Å². The largest absolute Gasteiger partial charge is 0.464 e. The van der Waals surface area contributed by atoms with Crippen molar-refractivity contribution in [2.45, 2.75) is 6.92 Å². The number of primary amides is 1. The highest BCUT2D eigenvalue weighted by Gasteiger charge is 2.02. The van der Waals surface area contributed by atoms with E-state index in [0.717, 1.165) is 5.69 Å². The quantitative estimate of drug-likeness (QED) is 0.536. The van der Waals surface area contributed by atoms with E-state index in [4.69, 9.17) is 15.2 Å². The van der Waals surface area contributed by atoms with Gasteiger partial charge in [-0.15, -0.1) is 0 Å². The second kappa shape index (κ2) is 8.10. The van der Waals surface area contributed by atoms with Crippen LogP contribution in [0.1, 0.15) is 17.3 Å². The number of hydrogen-bond acceptors (Lipinski definition) is 5. The first-order chi connectivity index (χ1) is 9.13. The SMILES string of the molecule is CCOC(=O)COCCNc1cccc(C(N)=O)c1. The molecule has 0 aromatic heterocycles. The van der Waals surface area contributed by atoms with Gasteiger partial charge in [0.1, 0.15) is 6.61 Å². The van der Waals surface area contributed by atoms with Crippen molar-refractivity contribution in [2.75, 3.05) is 31.7 Å². The van der Waals surface area contributed by atoms with Gasteiger partial charge in [-0.1, -0.05) is 6.07 Å². The summed E-state index contributed by atoms with van der Waals surface area (Å²) in [4.78, 5) is 22.0. The number of carbonyl (C=O) groups excluding carboxylic acids is 2. The lowest BCUT2D eigenvalue weighted by molar-refractivity contribution is -0.148. The van der Waals surface area contributed by atoms with E-state index in [1.54, 1.807) is 25.1 Å². The molecule has 3 N–H and O–H groups in total. The lowest BCUT2D eigenvalue weighted by Gasteiger charge is -2.08. The highest BCUT2D eigenvalue weighted by Crippen LogP contribution is 2.09. The van der Waals surface area contributed by atoms with Gasteiger partial charge in [-0.05, 0) is 25.1 Å². The van der Waals surface area contributed by atoms with E-state index in [2.05, 4.69) is 5.32 Å². The summed E-state index contributed by atoms with van der Waals surface area (Å²) in [6.45, 7) is 2.91. The predicted molar refractivity (Wildman–Crippen MR) is 70.9 cm³/mol. The number of carbonyl (C=O) groups is 2. The van der Waals surface area contributed by atoms with E-state index >= 15 is 0 Å². The number of nitrogens with two attached hydrogens (primary N) is 1. The van der Waals surface area contributed by atoms with Crippen molar-refractivity contribution in [3.8, 4) is 0 Å². The van der Waals surface area contributed by atoms with Crippen molar-refractivity contribution >= 4 is 17.6 Å². The van der Waals surface area contributed by atoms with Crippen LogP contribution in [0, 0.1) is 0 Å². The highest BCUT2D eigenvalue weighted by atomic mass is 16.6. The minimum atomic E-state index is -0.470. The number of rotatable bonds is 8. The van der Waals surface area contributed by atoms with E-state index in [0.29, 0.717) is 25.3 Å². The lowest BCUT2D eigenvalue weighted by Crippen LogP contribution is -2.17. The molecule has 1 aromatic carbocycles. The molecule has 0 fully saturated rings. The molecule has 0 bridgehead atoms. The van der Waals surface area contributed by atoms with Crippen LogP contribution < -0.4 is 11.1 Å². The molecule has 6 heteroatoms. The fraction of sp³-hybridized carbons (Fsp3) is 0.385. The van der Waals surface area contributed by atoms with Crippen LogP contribution >= 0.6 is 0 Å². The maximum Gasteiger partial charge on any atom is 0.332 e. The van der Waals surface area contributed by atoms with Crippen LogP contribution in [-0.4, -0.2) is 38.2 Å². The summed E-state index contributed by atoms with van der Waals surface area (Å²) in [5.41, 5.74) is 6.39. The third-order valence-electron chi connectivity index (χ3n) is 2.25. The molecule has 0 aliphatic rings. The second-order valence-corrected chi connectivity index (χ2v) is 3.73.